The highest BCUT2D eigenvalue weighted by molar-refractivity contribution is 6.04. The third-order valence-electron chi connectivity index (χ3n) is 5.27. The van der Waals surface area contributed by atoms with Crippen molar-refractivity contribution in [3.63, 3.8) is 0 Å². The van der Waals surface area contributed by atoms with E-state index in [2.05, 4.69) is 54.7 Å². The molecule has 0 radical (unpaired) electrons. The van der Waals surface area contributed by atoms with Gasteiger partial charge in [0.25, 0.3) is 5.91 Å². The maximum Gasteiger partial charge on any atom is 0.256 e. The molecule has 8 heteroatoms. The highest BCUT2D eigenvalue weighted by atomic mass is 16.1. The zero-order valence-electron chi connectivity index (χ0n) is 17.4. The molecule has 5 rings (SSSR count). The Hall–Kier alpha value is -4.07. The number of fused-ring (bicyclic) bond motifs is 2. The molecule has 0 saturated heterocycles. The van der Waals surface area contributed by atoms with Gasteiger partial charge in [-0.2, -0.15) is 0 Å². The lowest BCUT2D eigenvalue weighted by Crippen LogP contribution is -2.12. The van der Waals surface area contributed by atoms with E-state index in [0.29, 0.717) is 23.1 Å². The molecule has 0 aliphatic carbocycles. The van der Waals surface area contributed by atoms with Crippen LogP contribution in [0.5, 0.6) is 0 Å². The average Bonchev–Trinajstić information content (AvgIpc) is 3.33. The Morgan fingerprint density at radius 2 is 1.94 bits per heavy atom. The van der Waals surface area contributed by atoms with Crippen molar-refractivity contribution in [2.24, 2.45) is 0 Å². The number of aromatic nitrogens is 6. The summed E-state index contributed by atoms with van der Waals surface area (Å²) < 4.78 is 2.19. The number of amides is 1. The van der Waals surface area contributed by atoms with E-state index in [4.69, 9.17) is 0 Å². The van der Waals surface area contributed by atoms with Crippen LogP contribution in [0, 0.1) is 6.92 Å². The summed E-state index contributed by atoms with van der Waals surface area (Å²) in [5.74, 6) is 1.20. The lowest BCUT2D eigenvalue weighted by atomic mass is 10.1. The summed E-state index contributed by atoms with van der Waals surface area (Å²) >= 11 is 0. The SMILES string of the molecule is Cc1nc2ncc(-c3c[nH]c4nc(NC(=O)c5ccncc5)ccc34)cc2n1C(C)C. The fraction of sp³-hybridized carbons (Fsp3) is 0.174. The number of H-pyrrole nitrogens is 1. The number of aromatic amines is 1. The van der Waals surface area contributed by atoms with Crippen LogP contribution >= 0.6 is 0 Å². The van der Waals surface area contributed by atoms with Crippen LogP contribution in [0.1, 0.15) is 36.1 Å². The van der Waals surface area contributed by atoms with E-state index >= 15 is 0 Å². The van der Waals surface area contributed by atoms with Gasteiger partial charge in [0.15, 0.2) is 5.65 Å². The quantitative estimate of drug-likeness (QED) is 0.453. The molecule has 0 saturated carbocycles. The molecule has 2 N–H and O–H groups in total. The molecule has 8 nitrogen and oxygen atoms in total. The summed E-state index contributed by atoms with van der Waals surface area (Å²) in [6.07, 6.45) is 6.92. The molecule has 0 atom stereocenters. The third-order valence-corrected chi connectivity index (χ3v) is 5.27. The smallest absolute Gasteiger partial charge is 0.256 e. The largest absolute Gasteiger partial charge is 0.345 e. The van der Waals surface area contributed by atoms with E-state index in [0.717, 1.165) is 33.5 Å². The first-order valence-electron chi connectivity index (χ1n) is 10.1. The summed E-state index contributed by atoms with van der Waals surface area (Å²) in [7, 11) is 0. The first kappa shape index (κ1) is 18.9. The molecule has 154 valence electrons. The Kier molecular flexibility index (Phi) is 4.47. The lowest BCUT2D eigenvalue weighted by molar-refractivity contribution is 0.102. The molecule has 31 heavy (non-hydrogen) atoms. The summed E-state index contributed by atoms with van der Waals surface area (Å²) in [6, 6.07) is 9.47. The standard InChI is InChI=1S/C23H21N7O/c1-13(2)30-14(3)27-22-19(30)10-16(11-25-22)18-12-26-21-17(18)4-5-20(28-21)29-23(31)15-6-8-24-9-7-15/h4-13H,1-3H3,(H2,26,28,29,31). The lowest BCUT2D eigenvalue weighted by Gasteiger charge is -2.11. The average molecular weight is 411 g/mol. The van der Waals surface area contributed by atoms with Gasteiger partial charge >= 0.3 is 0 Å². The number of anilines is 1. The second kappa shape index (κ2) is 7.32. The van der Waals surface area contributed by atoms with Gasteiger partial charge in [0.1, 0.15) is 17.3 Å². The number of nitrogens with zero attached hydrogens (tertiary/aromatic N) is 5. The van der Waals surface area contributed by atoms with E-state index in [1.165, 1.54) is 0 Å². The molecule has 5 heterocycles. The maximum absolute atomic E-state index is 12.4. The van der Waals surface area contributed by atoms with E-state index < -0.39 is 0 Å². The van der Waals surface area contributed by atoms with Crippen molar-refractivity contribution < 1.29 is 4.79 Å². The van der Waals surface area contributed by atoms with Gasteiger partial charge in [-0.1, -0.05) is 0 Å². The highest BCUT2D eigenvalue weighted by Gasteiger charge is 2.15. The van der Waals surface area contributed by atoms with Gasteiger partial charge in [0, 0.05) is 52.9 Å². The molecule has 0 bridgehead atoms. The van der Waals surface area contributed by atoms with Crippen LogP contribution in [0.25, 0.3) is 33.3 Å². The predicted octanol–water partition coefficient (Wildman–Crippen LogP) is 4.51. The van der Waals surface area contributed by atoms with Crippen molar-refractivity contribution in [2.75, 3.05) is 5.32 Å². The maximum atomic E-state index is 12.4. The van der Waals surface area contributed by atoms with Crippen molar-refractivity contribution in [3.05, 3.63) is 66.5 Å². The minimum Gasteiger partial charge on any atom is -0.345 e. The Labute approximate surface area is 178 Å². The Morgan fingerprint density at radius 3 is 2.71 bits per heavy atom. The number of hydrogen-bond donors (Lipinski definition) is 2. The molecule has 0 aliphatic heterocycles. The first-order chi connectivity index (χ1) is 15.0. The number of hydrogen-bond acceptors (Lipinski definition) is 5. The van der Waals surface area contributed by atoms with Gasteiger partial charge < -0.3 is 14.9 Å². The number of nitrogens with one attached hydrogen (secondary N) is 2. The van der Waals surface area contributed by atoms with E-state index in [-0.39, 0.29) is 5.91 Å². The molecule has 1 amide bonds. The van der Waals surface area contributed by atoms with Crippen LogP contribution in [-0.4, -0.2) is 35.4 Å². The van der Waals surface area contributed by atoms with Gasteiger partial charge in [-0.15, -0.1) is 0 Å². The Balaban J connectivity index is 1.50. The molecule has 0 aromatic carbocycles. The van der Waals surface area contributed by atoms with Crippen molar-refractivity contribution in [1.82, 2.24) is 29.5 Å². The number of carbonyl (C=O) groups excluding carboxylic acids is 1. The monoisotopic (exact) mass is 411 g/mol. The van der Waals surface area contributed by atoms with Crippen LogP contribution in [0.15, 0.2) is 55.1 Å². The number of imidazole rings is 1. The second-order valence-electron chi connectivity index (χ2n) is 7.67. The number of pyridine rings is 3. The molecule has 0 fully saturated rings. The minimum atomic E-state index is -0.229. The summed E-state index contributed by atoms with van der Waals surface area (Å²) in [4.78, 5) is 33.2. The van der Waals surface area contributed by atoms with E-state index in [1.807, 2.05) is 25.4 Å². The molecular formula is C23H21N7O. The zero-order chi connectivity index (χ0) is 21.5. The fourth-order valence-corrected chi connectivity index (χ4v) is 3.89. The minimum absolute atomic E-state index is 0.229. The molecule has 0 unspecified atom stereocenters. The number of carbonyl (C=O) groups is 1. The predicted molar refractivity (Wildman–Crippen MR) is 120 cm³/mol. The van der Waals surface area contributed by atoms with Crippen molar-refractivity contribution in [1.29, 1.82) is 0 Å². The van der Waals surface area contributed by atoms with Gasteiger partial charge in [-0.25, -0.2) is 15.0 Å². The normalized spacial score (nSPS) is 11.5. The molecular weight excluding hydrogens is 390 g/mol. The Bertz CT molecular complexity index is 1420. The van der Waals surface area contributed by atoms with Gasteiger partial charge in [0.05, 0.1) is 5.52 Å². The fourth-order valence-electron chi connectivity index (χ4n) is 3.89. The van der Waals surface area contributed by atoms with Crippen LogP contribution in [0.3, 0.4) is 0 Å². The Morgan fingerprint density at radius 1 is 1.13 bits per heavy atom. The second-order valence-corrected chi connectivity index (χ2v) is 7.67. The number of aryl methyl sites for hydroxylation is 1. The first-order valence-corrected chi connectivity index (χ1v) is 10.1. The third kappa shape index (κ3) is 3.31. The van der Waals surface area contributed by atoms with Crippen LogP contribution in [0.2, 0.25) is 0 Å². The molecule has 5 aromatic heterocycles. The van der Waals surface area contributed by atoms with Crippen molar-refractivity contribution in [2.45, 2.75) is 26.8 Å². The number of rotatable bonds is 4. The topological polar surface area (TPSA) is 101 Å². The van der Waals surface area contributed by atoms with Crippen LogP contribution in [-0.2, 0) is 0 Å². The van der Waals surface area contributed by atoms with Crippen molar-refractivity contribution in [3.8, 4) is 11.1 Å². The van der Waals surface area contributed by atoms with E-state index in [9.17, 15) is 4.79 Å². The van der Waals surface area contributed by atoms with E-state index in [1.54, 1.807) is 30.6 Å². The van der Waals surface area contributed by atoms with Gasteiger partial charge in [-0.3, -0.25) is 9.78 Å². The summed E-state index contributed by atoms with van der Waals surface area (Å²) in [6.45, 7) is 6.27. The molecule has 0 aliphatic rings. The van der Waals surface area contributed by atoms with Gasteiger partial charge in [-0.05, 0) is 51.1 Å². The zero-order valence-corrected chi connectivity index (χ0v) is 17.4. The molecule has 5 aromatic rings. The van der Waals surface area contributed by atoms with Crippen LogP contribution < -0.4 is 5.32 Å². The summed E-state index contributed by atoms with van der Waals surface area (Å²) in [5, 5.41) is 3.78. The van der Waals surface area contributed by atoms with Gasteiger partial charge in [0.2, 0.25) is 0 Å². The van der Waals surface area contributed by atoms with Crippen LogP contribution in [0.4, 0.5) is 5.82 Å². The highest BCUT2D eigenvalue weighted by Crippen LogP contribution is 2.31. The summed E-state index contributed by atoms with van der Waals surface area (Å²) in [5.41, 5.74) is 4.95. The van der Waals surface area contributed by atoms with Crippen molar-refractivity contribution >= 4 is 33.9 Å². The molecule has 0 spiro atoms.